The monoisotopic (exact) mass is 270 g/mol. The molecule has 0 aliphatic heterocycles. The highest BCUT2D eigenvalue weighted by Crippen LogP contribution is 2.35. The van der Waals surface area contributed by atoms with E-state index in [1.54, 1.807) is 12.3 Å². The summed E-state index contributed by atoms with van der Waals surface area (Å²) < 4.78 is 11.1. The molecule has 104 valence electrons. The average molecular weight is 270 g/mol. The van der Waals surface area contributed by atoms with Gasteiger partial charge in [0, 0.05) is 11.5 Å². The maximum Gasteiger partial charge on any atom is 0.336 e. The molecule has 0 amide bonds. The van der Waals surface area contributed by atoms with Crippen molar-refractivity contribution in [2.45, 2.75) is 40.0 Å². The molecule has 2 aromatic heterocycles. The van der Waals surface area contributed by atoms with E-state index >= 15 is 0 Å². The summed E-state index contributed by atoms with van der Waals surface area (Å²) in [5.41, 5.74) is 4.38. The zero-order chi connectivity index (χ0) is 14.4. The van der Waals surface area contributed by atoms with Crippen LogP contribution in [0.2, 0.25) is 0 Å². The van der Waals surface area contributed by atoms with Crippen LogP contribution in [0.5, 0.6) is 0 Å². The third-order valence-corrected chi connectivity index (χ3v) is 3.85. The lowest BCUT2D eigenvalue weighted by molar-refractivity contribution is 0.559. The standard InChI is InChI=1S/C17H18O3/c1-5-11-6-13-12(9(2)3)7-14(18)20-17(13)15-10(4)8-19-16(11)15/h6-9H,5H2,1-4H3. The molecule has 0 saturated heterocycles. The Morgan fingerprint density at radius 2 is 1.95 bits per heavy atom. The first-order valence-electron chi connectivity index (χ1n) is 7.00. The van der Waals surface area contributed by atoms with E-state index in [1.807, 2.05) is 6.92 Å². The Morgan fingerprint density at radius 3 is 2.60 bits per heavy atom. The number of hydrogen-bond acceptors (Lipinski definition) is 3. The Bertz CT molecular complexity index is 850. The summed E-state index contributed by atoms with van der Waals surface area (Å²) in [5.74, 6) is 0.274. The molecule has 2 heterocycles. The highest BCUT2D eigenvalue weighted by molar-refractivity contribution is 6.06. The van der Waals surface area contributed by atoms with E-state index in [0.29, 0.717) is 5.58 Å². The maximum atomic E-state index is 11.8. The first-order chi connectivity index (χ1) is 9.52. The summed E-state index contributed by atoms with van der Waals surface area (Å²) in [4.78, 5) is 11.8. The number of hydrogen-bond donors (Lipinski definition) is 0. The van der Waals surface area contributed by atoms with Crippen molar-refractivity contribution in [2.24, 2.45) is 0 Å². The summed E-state index contributed by atoms with van der Waals surface area (Å²) in [6.07, 6.45) is 2.61. The lowest BCUT2D eigenvalue weighted by atomic mass is 9.95. The molecule has 3 rings (SSSR count). The number of benzene rings is 1. The van der Waals surface area contributed by atoms with Gasteiger partial charge in [0.05, 0.1) is 11.6 Å². The predicted molar refractivity (Wildman–Crippen MR) is 80.5 cm³/mol. The summed E-state index contributed by atoms with van der Waals surface area (Å²) in [6, 6.07) is 3.70. The Morgan fingerprint density at radius 1 is 1.20 bits per heavy atom. The highest BCUT2D eigenvalue weighted by Gasteiger charge is 2.17. The first-order valence-corrected chi connectivity index (χ1v) is 7.00. The predicted octanol–water partition coefficient (Wildman–Crippen LogP) is 4.53. The Kier molecular flexibility index (Phi) is 2.93. The topological polar surface area (TPSA) is 43.4 Å². The number of rotatable bonds is 2. The highest BCUT2D eigenvalue weighted by atomic mass is 16.4. The molecule has 3 nitrogen and oxygen atoms in total. The van der Waals surface area contributed by atoms with Gasteiger partial charge in [-0.1, -0.05) is 20.8 Å². The van der Waals surface area contributed by atoms with Gasteiger partial charge in [0.1, 0.15) is 11.2 Å². The van der Waals surface area contributed by atoms with Crippen LogP contribution in [0.15, 0.2) is 32.0 Å². The summed E-state index contributed by atoms with van der Waals surface area (Å²) in [6.45, 7) is 8.26. The fourth-order valence-corrected chi connectivity index (χ4v) is 2.80. The van der Waals surface area contributed by atoms with Gasteiger partial charge in [-0.2, -0.15) is 0 Å². The van der Waals surface area contributed by atoms with Crippen LogP contribution in [0.1, 0.15) is 43.4 Å². The Labute approximate surface area is 117 Å². The minimum absolute atomic E-state index is 0.274. The van der Waals surface area contributed by atoms with E-state index in [2.05, 4.69) is 26.8 Å². The maximum absolute atomic E-state index is 11.8. The molecule has 0 fully saturated rings. The van der Waals surface area contributed by atoms with Gasteiger partial charge in [0.2, 0.25) is 0 Å². The van der Waals surface area contributed by atoms with Crippen molar-refractivity contribution < 1.29 is 8.83 Å². The summed E-state index contributed by atoms with van der Waals surface area (Å²) in [7, 11) is 0. The zero-order valence-corrected chi connectivity index (χ0v) is 12.2. The molecule has 3 aromatic rings. The van der Waals surface area contributed by atoms with Crippen LogP contribution in [-0.2, 0) is 6.42 Å². The van der Waals surface area contributed by atoms with E-state index < -0.39 is 0 Å². The fourth-order valence-electron chi connectivity index (χ4n) is 2.80. The van der Waals surface area contributed by atoms with Gasteiger partial charge < -0.3 is 8.83 Å². The van der Waals surface area contributed by atoms with Crippen LogP contribution < -0.4 is 5.63 Å². The molecule has 0 atom stereocenters. The minimum Gasteiger partial charge on any atom is -0.464 e. The summed E-state index contributed by atoms with van der Waals surface area (Å²) >= 11 is 0. The van der Waals surface area contributed by atoms with Crippen LogP contribution in [0.25, 0.3) is 21.9 Å². The summed E-state index contributed by atoms with van der Waals surface area (Å²) in [5, 5.41) is 1.95. The van der Waals surface area contributed by atoms with E-state index in [9.17, 15) is 4.79 Å². The van der Waals surface area contributed by atoms with Crippen molar-refractivity contribution in [2.75, 3.05) is 0 Å². The number of fused-ring (bicyclic) bond motifs is 3. The smallest absolute Gasteiger partial charge is 0.336 e. The van der Waals surface area contributed by atoms with Crippen molar-refractivity contribution in [3.05, 3.63) is 45.5 Å². The second-order valence-corrected chi connectivity index (χ2v) is 5.56. The molecule has 0 N–H and O–H groups in total. The second-order valence-electron chi connectivity index (χ2n) is 5.56. The van der Waals surface area contributed by atoms with Gasteiger partial charge in [0.15, 0.2) is 0 Å². The van der Waals surface area contributed by atoms with Crippen LogP contribution >= 0.6 is 0 Å². The molecule has 20 heavy (non-hydrogen) atoms. The van der Waals surface area contributed by atoms with Gasteiger partial charge in [0.25, 0.3) is 0 Å². The fraction of sp³-hybridized carbons (Fsp3) is 0.353. The molecule has 0 saturated carbocycles. The number of aryl methyl sites for hydroxylation is 2. The number of furan rings is 1. The van der Waals surface area contributed by atoms with Crippen molar-refractivity contribution in [3.8, 4) is 0 Å². The van der Waals surface area contributed by atoms with Gasteiger partial charge >= 0.3 is 5.63 Å². The molecule has 0 aliphatic carbocycles. The molecular formula is C17H18O3. The molecule has 0 spiro atoms. The molecule has 0 aliphatic rings. The second kappa shape index (κ2) is 4.51. The van der Waals surface area contributed by atoms with Crippen molar-refractivity contribution >= 4 is 21.9 Å². The van der Waals surface area contributed by atoms with E-state index in [1.165, 1.54) is 0 Å². The molecule has 1 aromatic carbocycles. The lowest BCUT2D eigenvalue weighted by Crippen LogP contribution is -2.03. The third kappa shape index (κ3) is 1.77. The van der Waals surface area contributed by atoms with Gasteiger partial charge in [-0.3, -0.25) is 0 Å². The molecule has 0 radical (unpaired) electrons. The molecular weight excluding hydrogens is 252 g/mol. The Balaban J connectivity index is 2.61. The first kappa shape index (κ1) is 13.0. The third-order valence-electron chi connectivity index (χ3n) is 3.85. The van der Waals surface area contributed by atoms with Crippen molar-refractivity contribution in [1.82, 2.24) is 0 Å². The zero-order valence-electron chi connectivity index (χ0n) is 12.2. The normalized spacial score (nSPS) is 11.8. The molecule has 0 bridgehead atoms. The SMILES string of the molecule is CCc1cc2c(C(C)C)cc(=O)oc2c2c(C)coc12. The van der Waals surface area contributed by atoms with Crippen molar-refractivity contribution in [1.29, 1.82) is 0 Å². The van der Waals surface area contributed by atoms with Crippen LogP contribution in [-0.4, -0.2) is 0 Å². The van der Waals surface area contributed by atoms with Crippen LogP contribution in [0.4, 0.5) is 0 Å². The van der Waals surface area contributed by atoms with Gasteiger partial charge in [-0.25, -0.2) is 4.79 Å². The Hall–Kier alpha value is -2.03. The van der Waals surface area contributed by atoms with E-state index in [4.69, 9.17) is 8.83 Å². The minimum atomic E-state index is -0.299. The quantitative estimate of drug-likeness (QED) is 0.642. The largest absolute Gasteiger partial charge is 0.464 e. The average Bonchev–Trinajstić information content (AvgIpc) is 2.79. The van der Waals surface area contributed by atoms with Crippen LogP contribution in [0.3, 0.4) is 0 Å². The van der Waals surface area contributed by atoms with E-state index in [-0.39, 0.29) is 11.5 Å². The lowest BCUT2D eigenvalue weighted by Gasteiger charge is -2.11. The van der Waals surface area contributed by atoms with Gasteiger partial charge in [-0.05, 0) is 42.0 Å². The molecule has 3 heteroatoms. The van der Waals surface area contributed by atoms with Gasteiger partial charge in [-0.15, -0.1) is 0 Å². The van der Waals surface area contributed by atoms with E-state index in [0.717, 1.165) is 39.5 Å². The molecule has 0 unspecified atom stereocenters. The van der Waals surface area contributed by atoms with Crippen LogP contribution in [0, 0.1) is 6.92 Å². The van der Waals surface area contributed by atoms with Crippen molar-refractivity contribution in [3.63, 3.8) is 0 Å².